The smallest absolute Gasteiger partial charge is 0.227 e. The third-order valence-electron chi connectivity index (χ3n) is 4.80. The first-order valence-electron chi connectivity index (χ1n) is 8.80. The second-order valence-electron chi connectivity index (χ2n) is 7.20. The maximum Gasteiger partial charge on any atom is 0.227 e. The Hall–Kier alpha value is -1.73. The average Bonchev–Trinajstić information content (AvgIpc) is 3.14. The van der Waals surface area contributed by atoms with Crippen LogP contribution in [0.2, 0.25) is 0 Å². The fourth-order valence-corrected chi connectivity index (χ4v) is 4.73. The molecule has 1 atom stereocenters. The monoisotopic (exact) mass is 345 g/mol. The van der Waals surface area contributed by atoms with Crippen LogP contribution in [0.3, 0.4) is 0 Å². The van der Waals surface area contributed by atoms with Gasteiger partial charge in [-0.1, -0.05) is 6.92 Å². The van der Waals surface area contributed by atoms with Gasteiger partial charge >= 0.3 is 0 Å². The van der Waals surface area contributed by atoms with Gasteiger partial charge in [0.1, 0.15) is 11.2 Å². The molecule has 0 aliphatic heterocycles. The molecule has 24 heavy (non-hydrogen) atoms. The van der Waals surface area contributed by atoms with Gasteiger partial charge in [-0.25, -0.2) is 9.97 Å². The lowest BCUT2D eigenvalue weighted by atomic mass is 9.89. The molecule has 0 saturated heterocycles. The Morgan fingerprint density at radius 3 is 3.12 bits per heavy atom. The van der Waals surface area contributed by atoms with Crippen LogP contribution in [0.1, 0.15) is 30.2 Å². The standard InChI is InChI=1S/C17H24N6S/c1-11-5-6-13-12(9-11)14-15-19-10-20-23(15)17(21-16(14)24-13)18-7-4-8-22(2)3/h10-11H,4-9H2,1-3H3,(H,18,21)/p+1/t11-/m0/s1. The van der Waals surface area contributed by atoms with Gasteiger partial charge in [0, 0.05) is 17.8 Å². The van der Waals surface area contributed by atoms with E-state index in [0.29, 0.717) is 0 Å². The topological polar surface area (TPSA) is 59.6 Å². The van der Waals surface area contributed by atoms with Crippen LogP contribution >= 0.6 is 11.3 Å². The maximum atomic E-state index is 4.88. The average molecular weight is 345 g/mol. The Labute approximate surface area is 145 Å². The van der Waals surface area contributed by atoms with Gasteiger partial charge < -0.3 is 10.2 Å². The number of aryl methyl sites for hydroxylation is 1. The third kappa shape index (κ3) is 2.75. The molecule has 0 radical (unpaired) electrons. The molecule has 0 aromatic carbocycles. The van der Waals surface area contributed by atoms with Gasteiger partial charge in [-0.15, -0.1) is 11.3 Å². The molecule has 0 saturated carbocycles. The summed E-state index contributed by atoms with van der Waals surface area (Å²) >= 11 is 1.84. The van der Waals surface area contributed by atoms with Crippen LogP contribution in [0.25, 0.3) is 15.9 Å². The number of anilines is 1. The Bertz CT molecular complexity index is 865. The van der Waals surface area contributed by atoms with E-state index in [9.17, 15) is 0 Å². The summed E-state index contributed by atoms with van der Waals surface area (Å²) in [6, 6.07) is 0. The molecule has 1 aliphatic rings. The van der Waals surface area contributed by atoms with E-state index in [-0.39, 0.29) is 0 Å². The molecule has 0 spiro atoms. The number of aromatic nitrogens is 4. The largest absolute Gasteiger partial charge is 0.354 e. The van der Waals surface area contributed by atoms with E-state index in [1.165, 1.54) is 33.6 Å². The van der Waals surface area contributed by atoms with Crippen molar-refractivity contribution in [2.45, 2.75) is 32.6 Å². The molecule has 128 valence electrons. The zero-order valence-electron chi connectivity index (χ0n) is 14.6. The van der Waals surface area contributed by atoms with Gasteiger partial charge in [-0.3, -0.25) is 0 Å². The molecule has 6 nitrogen and oxygen atoms in total. The molecule has 3 heterocycles. The van der Waals surface area contributed by atoms with E-state index in [2.05, 4.69) is 36.4 Å². The van der Waals surface area contributed by atoms with Crippen LogP contribution in [0.5, 0.6) is 0 Å². The Morgan fingerprint density at radius 2 is 2.29 bits per heavy atom. The summed E-state index contributed by atoms with van der Waals surface area (Å²) in [5.41, 5.74) is 2.41. The van der Waals surface area contributed by atoms with Gasteiger partial charge in [0.15, 0.2) is 5.65 Å². The summed E-state index contributed by atoms with van der Waals surface area (Å²) in [6.45, 7) is 4.38. The van der Waals surface area contributed by atoms with E-state index in [0.717, 1.165) is 48.3 Å². The van der Waals surface area contributed by atoms with E-state index in [1.807, 2.05) is 15.9 Å². The van der Waals surface area contributed by atoms with Crippen molar-refractivity contribution in [2.75, 3.05) is 32.5 Å². The minimum atomic E-state index is 0.740. The van der Waals surface area contributed by atoms with Gasteiger partial charge in [-0.2, -0.15) is 9.61 Å². The van der Waals surface area contributed by atoms with Gasteiger partial charge in [0.05, 0.1) is 26.0 Å². The van der Waals surface area contributed by atoms with Gasteiger partial charge in [-0.05, 0) is 30.7 Å². The highest BCUT2D eigenvalue weighted by Gasteiger charge is 2.24. The van der Waals surface area contributed by atoms with Crippen LogP contribution in [0.4, 0.5) is 5.95 Å². The normalized spacial score (nSPS) is 17.8. The highest BCUT2D eigenvalue weighted by Crippen LogP contribution is 2.39. The molecule has 0 fully saturated rings. The van der Waals surface area contributed by atoms with Crippen LogP contribution in [-0.2, 0) is 12.8 Å². The van der Waals surface area contributed by atoms with E-state index >= 15 is 0 Å². The lowest BCUT2D eigenvalue weighted by molar-refractivity contribution is -0.858. The summed E-state index contributed by atoms with van der Waals surface area (Å²) in [5, 5.41) is 9.09. The third-order valence-corrected chi connectivity index (χ3v) is 5.99. The predicted molar refractivity (Wildman–Crippen MR) is 98.1 cm³/mol. The van der Waals surface area contributed by atoms with E-state index in [4.69, 9.17) is 4.98 Å². The molecule has 4 rings (SSSR count). The molecule has 3 aromatic heterocycles. The molecule has 0 unspecified atom stereocenters. The number of nitrogens with one attached hydrogen (secondary N) is 2. The summed E-state index contributed by atoms with van der Waals surface area (Å²) in [4.78, 5) is 13.5. The number of hydrogen-bond donors (Lipinski definition) is 2. The zero-order chi connectivity index (χ0) is 16.7. The SMILES string of the molecule is C[C@H]1CCc2sc3nc(NCCC[NH+](C)C)n4ncnc4c3c2C1. The Morgan fingerprint density at radius 1 is 1.42 bits per heavy atom. The summed E-state index contributed by atoms with van der Waals surface area (Å²) in [5.74, 6) is 1.56. The van der Waals surface area contributed by atoms with E-state index in [1.54, 1.807) is 6.33 Å². The zero-order valence-corrected chi connectivity index (χ0v) is 15.4. The van der Waals surface area contributed by atoms with Crippen molar-refractivity contribution in [3.05, 3.63) is 16.8 Å². The Kier molecular flexibility index (Phi) is 4.14. The van der Waals surface area contributed by atoms with Gasteiger partial charge in [0.2, 0.25) is 5.95 Å². The fraction of sp³-hybridized carbons (Fsp3) is 0.588. The van der Waals surface area contributed by atoms with Crippen LogP contribution in [-0.4, -0.2) is 46.8 Å². The van der Waals surface area contributed by atoms with Crippen molar-refractivity contribution >= 4 is 33.1 Å². The minimum absolute atomic E-state index is 0.740. The number of hydrogen-bond acceptors (Lipinski definition) is 5. The highest BCUT2D eigenvalue weighted by atomic mass is 32.1. The number of thiophene rings is 1. The van der Waals surface area contributed by atoms with Crippen LogP contribution in [0.15, 0.2) is 6.33 Å². The Balaban J connectivity index is 1.72. The fourth-order valence-electron chi connectivity index (χ4n) is 3.52. The summed E-state index contributed by atoms with van der Waals surface area (Å²) in [7, 11) is 4.36. The molecule has 1 aliphatic carbocycles. The molecule has 0 amide bonds. The van der Waals surface area contributed by atoms with Crippen LogP contribution in [0, 0.1) is 5.92 Å². The lowest BCUT2D eigenvalue weighted by Crippen LogP contribution is -3.05. The van der Waals surface area contributed by atoms with Gasteiger partial charge in [0.25, 0.3) is 0 Å². The molecule has 3 aromatic rings. The first-order valence-corrected chi connectivity index (χ1v) is 9.62. The van der Waals surface area contributed by atoms with Crippen molar-refractivity contribution in [1.29, 1.82) is 0 Å². The predicted octanol–water partition coefficient (Wildman–Crippen LogP) is 1.41. The molecule has 0 bridgehead atoms. The number of fused-ring (bicyclic) bond motifs is 5. The first-order chi connectivity index (χ1) is 11.6. The van der Waals surface area contributed by atoms with Crippen molar-refractivity contribution in [2.24, 2.45) is 5.92 Å². The highest BCUT2D eigenvalue weighted by molar-refractivity contribution is 7.19. The number of quaternary nitrogens is 1. The van der Waals surface area contributed by atoms with E-state index < -0.39 is 0 Å². The number of rotatable bonds is 5. The number of nitrogens with zero attached hydrogens (tertiary/aromatic N) is 4. The lowest BCUT2D eigenvalue weighted by Gasteiger charge is -2.17. The second kappa shape index (κ2) is 6.29. The van der Waals surface area contributed by atoms with Crippen molar-refractivity contribution in [3.8, 4) is 0 Å². The quantitative estimate of drug-likeness (QED) is 0.687. The molecular formula is C17H25N6S+. The van der Waals surface area contributed by atoms with Crippen molar-refractivity contribution in [3.63, 3.8) is 0 Å². The second-order valence-corrected chi connectivity index (χ2v) is 8.28. The van der Waals surface area contributed by atoms with Crippen molar-refractivity contribution in [1.82, 2.24) is 19.6 Å². The van der Waals surface area contributed by atoms with Crippen molar-refractivity contribution < 1.29 is 4.90 Å². The summed E-state index contributed by atoms with van der Waals surface area (Å²) in [6.07, 6.45) is 6.34. The molecular weight excluding hydrogens is 320 g/mol. The maximum absolute atomic E-state index is 4.88. The first kappa shape index (κ1) is 15.8. The van der Waals surface area contributed by atoms with Crippen LogP contribution < -0.4 is 10.2 Å². The minimum Gasteiger partial charge on any atom is -0.354 e. The summed E-state index contributed by atoms with van der Waals surface area (Å²) < 4.78 is 1.87. The molecule has 7 heteroatoms. The molecule has 2 N–H and O–H groups in total.